The van der Waals surface area contributed by atoms with Crippen LogP contribution in [0.3, 0.4) is 0 Å². The molecule has 21 heavy (non-hydrogen) atoms. The summed E-state index contributed by atoms with van der Waals surface area (Å²) in [7, 11) is -3.59. The van der Waals surface area contributed by atoms with Crippen molar-refractivity contribution < 1.29 is 8.42 Å². The summed E-state index contributed by atoms with van der Waals surface area (Å²) in [5, 5.41) is 3.29. The minimum absolute atomic E-state index is 0.255. The van der Waals surface area contributed by atoms with E-state index >= 15 is 0 Å². The quantitative estimate of drug-likeness (QED) is 0.747. The fourth-order valence-electron chi connectivity index (χ4n) is 2.34. The zero-order chi connectivity index (χ0) is 15.0. The van der Waals surface area contributed by atoms with E-state index in [0.717, 1.165) is 34.4 Å². The first-order valence-electron chi connectivity index (χ1n) is 6.26. The Hall–Kier alpha value is -0.410. The SMILES string of the molecule is O=S(=O)(Nc1cccc2c1CCNC2)c1cc(Br)sc1Br. The maximum absolute atomic E-state index is 12.6. The van der Waals surface area contributed by atoms with Gasteiger partial charge in [0, 0.05) is 6.54 Å². The molecule has 2 heterocycles. The second kappa shape index (κ2) is 6.00. The highest BCUT2D eigenvalue weighted by Crippen LogP contribution is 2.36. The average Bonchev–Trinajstić information content (AvgIpc) is 2.79. The van der Waals surface area contributed by atoms with Crippen LogP contribution in [0.1, 0.15) is 11.1 Å². The van der Waals surface area contributed by atoms with Gasteiger partial charge < -0.3 is 5.32 Å². The van der Waals surface area contributed by atoms with Crippen molar-refractivity contribution in [3.05, 3.63) is 43.0 Å². The van der Waals surface area contributed by atoms with Crippen LogP contribution in [0.15, 0.2) is 36.7 Å². The zero-order valence-corrected chi connectivity index (χ0v) is 15.6. The molecule has 1 aliphatic rings. The molecule has 2 N–H and O–H groups in total. The lowest BCUT2D eigenvalue weighted by Crippen LogP contribution is -2.25. The summed E-state index contributed by atoms with van der Waals surface area (Å²) >= 11 is 7.95. The van der Waals surface area contributed by atoms with Crippen molar-refractivity contribution in [2.24, 2.45) is 0 Å². The van der Waals surface area contributed by atoms with E-state index in [9.17, 15) is 8.42 Å². The Labute approximate surface area is 144 Å². The Morgan fingerprint density at radius 2 is 2.10 bits per heavy atom. The predicted octanol–water partition coefficient (Wildman–Crippen LogP) is 3.72. The molecule has 0 unspecified atom stereocenters. The van der Waals surface area contributed by atoms with Gasteiger partial charge in [-0.25, -0.2) is 8.42 Å². The number of hydrogen-bond donors (Lipinski definition) is 2. The summed E-state index contributed by atoms with van der Waals surface area (Å²) in [6.07, 6.45) is 0.822. The minimum atomic E-state index is -3.59. The Bertz CT molecular complexity index is 787. The van der Waals surface area contributed by atoms with Gasteiger partial charge in [-0.15, -0.1) is 11.3 Å². The van der Waals surface area contributed by atoms with Gasteiger partial charge in [0.2, 0.25) is 0 Å². The Morgan fingerprint density at radius 1 is 1.29 bits per heavy atom. The van der Waals surface area contributed by atoms with Crippen molar-refractivity contribution >= 4 is 58.9 Å². The topological polar surface area (TPSA) is 58.2 Å². The number of fused-ring (bicyclic) bond motifs is 1. The lowest BCUT2D eigenvalue weighted by atomic mass is 9.99. The van der Waals surface area contributed by atoms with E-state index in [0.29, 0.717) is 9.47 Å². The number of rotatable bonds is 3. The minimum Gasteiger partial charge on any atom is -0.312 e. The van der Waals surface area contributed by atoms with Gasteiger partial charge in [-0.1, -0.05) is 12.1 Å². The highest BCUT2D eigenvalue weighted by atomic mass is 79.9. The van der Waals surface area contributed by atoms with Crippen LogP contribution >= 0.6 is 43.2 Å². The van der Waals surface area contributed by atoms with Crippen LogP contribution in [0, 0.1) is 0 Å². The number of thiophene rings is 1. The van der Waals surface area contributed by atoms with E-state index in [2.05, 4.69) is 41.9 Å². The van der Waals surface area contributed by atoms with Crippen molar-refractivity contribution in [3.63, 3.8) is 0 Å². The highest BCUT2D eigenvalue weighted by Gasteiger charge is 2.23. The molecule has 1 aliphatic heterocycles. The third-order valence-corrected chi connectivity index (χ3v) is 7.42. The largest absolute Gasteiger partial charge is 0.312 e. The van der Waals surface area contributed by atoms with Crippen LogP contribution in [-0.2, 0) is 23.0 Å². The maximum atomic E-state index is 12.6. The zero-order valence-electron chi connectivity index (χ0n) is 10.8. The van der Waals surface area contributed by atoms with Crippen LogP contribution < -0.4 is 10.0 Å². The van der Waals surface area contributed by atoms with Gasteiger partial charge in [0.05, 0.1) is 13.3 Å². The van der Waals surface area contributed by atoms with Gasteiger partial charge in [0.15, 0.2) is 0 Å². The van der Waals surface area contributed by atoms with E-state index in [1.54, 1.807) is 6.07 Å². The molecule has 1 aromatic heterocycles. The summed E-state index contributed by atoms with van der Waals surface area (Å²) < 4.78 is 29.2. The summed E-state index contributed by atoms with van der Waals surface area (Å²) in [5.74, 6) is 0. The first kappa shape index (κ1) is 15.5. The molecule has 2 aromatic rings. The van der Waals surface area contributed by atoms with Crippen molar-refractivity contribution in [1.82, 2.24) is 5.32 Å². The second-order valence-corrected chi connectivity index (χ2v) is 10.1. The smallest absolute Gasteiger partial charge is 0.263 e. The van der Waals surface area contributed by atoms with Crippen LogP contribution in [0.4, 0.5) is 5.69 Å². The highest BCUT2D eigenvalue weighted by molar-refractivity contribution is 9.12. The third-order valence-electron chi connectivity index (χ3n) is 3.30. The number of sulfonamides is 1. The van der Waals surface area contributed by atoms with Gasteiger partial charge in [-0.3, -0.25) is 4.72 Å². The summed E-state index contributed by atoms with van der Waals surface area (Å²) in [6.45, 7) is 1.64. The summed E-state index contributed by atoms with van der Waals surface area (Å²) in [6, 6.07) is 7.32. The molecule has 1 aromatic carbocycles. The number of halogens is 2. The monoisotopic (exact) mass is 450 g/mol. The Kier molecular flexibility index (Phi) is 4.42. The molecule has 0 radical (unpaired) electrons. The lowest BCUT2D eigenvalue weighted by Gasteiger charge is -2.20. The molecule has 0 atom stereocenters. The van der Waals surface area contributed by atoms with Gasteiger partial charge in [-0.05, 0) is 68.1 Å². The average molecular weight is 452 g/mol. The molecule has 0 saturated heterocycles. The third kappa shape index (κ3) is 3.19. The number of nitrogens with one attached hydrogen (secondary N) is 2. The maximum Gasteiger partial charge on any atom is 0.263 e. The van der Waals surface area contributed by atoms with Crippen LogP contribution in [0.5, 0.6) is 0 Å². The van der Waals surface area contributed by atoms with Gasteiger partial charge >= 0.3 is 0 Å². The first-order chi connectivity index (χ1) is 9.97. The van der Waals surface area contributed by atoms with Crippen molar-refractivity contribution in [2.45, 2.75) is 17.9 Å². The fourth-order valence-corrected chi connectivity index (χ4v) is 7.24. The van der Waals surface area contributed by atoms with E-state index < -0.39 is 10.0 Å². The molecule has 0 spiro atoms. The van der Waals surface area contributed by atoms with Gasteiger partial charge in [-0.2, -0.15) is 0 Å². The molecule has 4 nitrogen and oxygen atoms in total. The molecular weight excluding hydrogens is 440 g/mol. The molecule has 0 aliphatic carbocycles. The Morgan fingerprint density at radius 3 is 2.81 bits per heavy atom. The van der Waals surface area contributed by atoms with E-state index in [1.807, 2.05) is 18.2 Å². The summed E-state index contributed by atoms with van der Waals surface area (Å²) in [5.41, 5.74) is 2.89. The van der Waals surface area contributed by atoms with Gasteiger partial charge in [0.25, 0.3) is 10.0 Å². The normalized spacial score (nSPS) is 14.8. The van der Waals surface area contributed by atoms with Crippen molar-refractivity contribution in [1.29, 1.82) is 0 Å². The number of hydrogen-bond acceptors (Lipinski definition) is 4. The van der Waals surface area contributed by atoms with E-state index in [1.165, 1.54) is 11.3 Å². The fraction of sp³-hybridized carbons (Fsp3) is 0.231. The van der Waals surface area contributed by atoms with E-state index in [-0.39, 0.29) is 4.90 Å². The van der Waals surface area contributed by atoms with Crippen LogP contribution in [0.25, 0.3) is 0 Å². The summed E-state index contributed by atoms with van der Waals surface area (Å²) in [4.78, 5) is 0.255. The molecule has 0 saturated carbocycles. The van der Waals surface area contributed by atoms with Crippen LogP contribution in [0.2, 0.25) is 0 Å². The predicted molar refractivity (Wildman–Crippen MR) is 92.4 cm³/mol. The Balaban J connectivity index is 1.98. The standard InChI is InChI=1S/C13H12Br2N2O2S2/c14-12-6-11(13(15)20-12)21(18,19)17-10-3-1-2-8-7-16-5-4-9(8)10/h1-3,6,16-17H,4-5,7H2. The molecule has 0 amide bonds. The van der Waals surface area contributed by atoms with Crippen molar-refractivity contribution in [2.75, 3.05) is 11.3 Å². The van der Waals surface area contributed by atoms with Gasteiger partial charge in [0.1, 0.15) is 4.90 Å². The number of anilines is 1. The first-order valence-corrected chi connectivity index (χ1v) is 10.1. The molecular formula is C13H12Br2N2O2S2. The number of benzene rings is 1. The molecule has 0 bridgehead atoms. The second-order valence-electron chi connectivity index (χ2n) is 4.66. The lowest BCUT2D eigenvalue weighted by molar-refractivity contribution is 0.600. The van der Waals surface area contributed by atoms with Crippen molar-refractivity contribution in [3.8, 4) is 0 Å². The van der Waals surface area contributed by atoms with E-state index in [4.69, 9.17) is 0 Å². The van der Waals surface area contributed by atoms with Crippen LogP contribution in [-0.4, -0.2) is 15.0 Å². The molecule has 3 rings (SSSR count). The molecule has 112 valence electrons. The molecule has 0 fully saturated rings. The molecule has 8 heteroatoms.